The van der Waals surface area contributed by atoms with Crippen LogP contribution in [0.1, 0.15) is 5.56 Å². The van der Waals surface area contributed by atoms with Gasteiger partial charge in [0, 0.05) is 33.3 Å². The molecule has 0 spiro atoms. The van der Waals surface area contributed by atoms with E-state index >= 15 is 0 Å². The number of aliphatic imine (C=N–C) groups is 1. The summed E-state index contributed by atoms with van der Waals surface area (Å²) in [7, 11) is 5.47. The van der Waals surface area contributed by atoms with E-state index in [0.29, 0.717) is 12.1 Å². The summed E-state index contributed by atoms with van der Waals surface area (Å²) in [6, 6.07) is 6.71. The van der Waals surface area contributed by atoms with Crippen molar-refractivity contribution in [3.8, 4) is 0 Å². The van der Waals surface area contributed by atoms with Crippen LogP contribution < -0.4 is 5.32 Å². The van der Waals surface area contributed by atoms with Crippen molar-refractivity contribution < 1.29 is 4.39 Å². The van der Waals surface area contributed by atoms with Crippen LogP contribution in [0.2, 0.25) is 0 Å². The lowest BCUT2D eigenvalue weighted by molar-refractivity contribution is 0.570. The average Bonchev–Trinajstić information content (AvgIpc) is 2.21. The summed E-state index contributed by atoms with van der Waals surface area (Å²) in [5.74, 6) is 0.539. The van der Waals surface area contributed by atoms with Gasteiger partial charge in [-0.3, -0.25) is 4.99 Å². The molecule has 90 valence electrons. The Morgan fingerprint density at radius 3 is 2.50 bits per heavy atom. The van der Waals surface area contributed by atoms with Gasteiger partial charge in [-0.15, -0.1) is 24.0 Å². The van der Waals surface area contributed by atoms with Crippen LogP contribution in [0, 0.1) is 5.82 Å². The van der Waals surface area contributed by atoms with Crippen molar-refractivity contribution in [3.05, 3.63) is 35.6 Å². The third kappa shape index (κ3) is 4.34. The highest BCUT2D eigenvalue weighted by atomic mass is 127. The second-order valence-electron chi connectivity index (χ2n) is 3.39. The van der Waals surface area contributed by atoms with Crippen LogP contribution in [0.3, 0.4) is 0 Å². The molecule has 5 heteroatoms. The molecule has 0 saturated heterocycles. The molecule has 0 aliphatic carbocycles. The Hall–Kier alpha value is -0.850. The molecule has 0 unspecified atom stereocenters. The highest BCUT2D eigenvalue weighted by Crippen LogP contribution is 2.05. The monoisotopic (exact) mass is 337 g/mol. The minimum Gasteiger partial charge on any atom is -0.352 e. The van der Waals surface area contributed by atoms with Crippen molar-refractivity contribution in [1.82, 2.24) is 10.2 Å². The molecule has 1 N–H and O–H groups in total. The zero-order valence-electron chi connectivity index (χ0n) is 9.70. The fraction of sp³-hybridized carbons (Fsp3) is 0.364. The first kappa shape index (κ1) is 15.2. The van der Waals surface area contributed by atoms with Gasteiger partial charge >= 0.3 is 0 Å². The number of hydrogen-bond acceptors (Lipinski definition) is 1. The molecule has 0 aliphatic heterocycles. The molecule has 0 aliphatic rings. The summed E-state index contributed by atoms with van der Waals surface area (Å²) in [4.78, 5) is 5.89. The molecule has 0 bridgehead atoms. The van der Waals surface area contributed by atoms with Crippen molar-refractivity contribution in [2.45, 2.75) is 6.54 Å². The minimum atomic E-state index is -0.195. The lowest BCUT2D eigenvalue weighted by Crippen LogP contribution is -2.35. The van der Waals surface area contributed by atoms with Gasteiger partial charge in [0.05, 0.1) is 0 Å². The second-order valence-corrected chi connectivity index (χ2v) is 3.39. The van der Waals surface area contributed by atoms with Crippen LogP contribution in [0.25, 0.3) is 0 Å². The number of nitrogens with one attached hydrogen (secondary N) is 1. The molecule has 0 saturated carbocycles. The highest BCUT2D eigenvalue weighted by molar-refractivity contribution is 14.0. The first-order valence-corrected chi connectivity index (χ1v) is 4.76. The van der Waals surface area contributed by atoms with Crippen LogP contribution in [0.4, 0.5) is 4.39 Å². The molecule has 0 amide bonds. The topological polar surface area (TPSA) is 27.6 Å². The molecule has 0 heterocycles. The number of halogens is 2. The Kier molecular flexibility index (Phi) is 7.03. The molecule has 0 atom stereocenters. The number of hydrogen-bond donors (Lipinski definition) is 1. The average molecular weight is 337 g/mol. The van der Waals surface area contributed by atoms with Gasteiger partial charge in [-0.05, 0) is 6.07 Å². The van der Waals surface area contributed by atoms with E-state index in [9.17, 15) is 4.39 Å². The normalized spacial score (nSPS) is 10.6. The Morgan fingerprint density at radius 1 is 1.38 bits per heavy atom. The molecular formula is C11H17FIN3. The highest BCUT2D eigenvalue weighted by Gasteiger charge is 2.03. The maximum Gasteiger partial charge on any atom is 0.193 e. The van der Waals surface area contributed by atoms with Crippen LogP contribution in [-0.2, 0) is 6.54 Å². The van der Waals surface area contributed by atoms with Crippen LogP contribution in [0.15, 0.2) is 29.3 Å². The van der Waals surface area contributed by atoms with Gasteiger partial charge in [0.2, 0.25) is 0 Å². The zero-order chi connectivity index (χ0) is 11.3. The fourth-order valence-corrected chi connectivity index (χ4v) is 1.25. The van der Waals surface area contributed by atoms with Crippen LogP contribution in [-0.4, -0.2) is 32.0 Å². The Morgan fingerprint density at radius 2 is 2.00 bits per heavy atom. The van der Waals surface area contributed by atoms with E-state index in [-0.39, 0.29) is 29.8 Å². The predicted octanol–water partition coefficient (Wildman–Crippen LogP) is 2.08. The van der Waals surface area contributed by atoms with E-state index in [1.54, 1.807) is 19.2 Å². The number of guanidine groups is 1. The lowest BCUT2D eigenvalue weighted by Gasteiger charge is -2.16. The molecule has 3 nitrogen and oxygen atoms in total. The number of benzene rings is 1. The van der Waals surface area contributed by atoms with E-state index in [1.165, 1.54) is 6.07 Å². The molecular weight excluding hydrogens is 320 g/mol. The van der Waals surface area contributed by atoms with Crippen molar-refractivity contribution in [2.24, 2.45) is 4.99 Å². The summed E-state index contributed by atoms with van der Waals surface area (Å²) in [5.41, 5.74) is 0.639. The smallest absolute Gasteiger partial charge is 0.193 e. The Bertz CT molecular complexity index is 353. The quantitative estimate of drug-likeness (QED) is 0.508. The third-order valence-electron chi connectivity index (χ3n) is 2.03. The van der Waals surface area contributed by atoms with Crippen molar-refractivity contribution in [1.29, 1.82) is 0 Å². The van der Waals surface area contributed by atoms with Crippen molar-refractivity contribution in [3.63, 3.8) is 0 Å². The SMILES string of the molecule is CN=C(NCc1ccccc1F)N(C)C.I. The summed E-state index contributed by atoms with van der Waals surface area (Å²) < 4.78 is 13.3. The van der Waals surface area contributed by atoms with E-state index < -0.39 is 0 Å². The van der Waals surface area contributed by atoms with E-state index in [0.717, 1.165) is 5.96 Å². The third-order valence-corrected chi connectivity index (χ3v) is 2.03. The van der Waals surface area contributed by atoms with Gasteiger partial charge in [-0.2, -0.15) is 0 Å². The first-order chi connectivity index (χ1) is 7.15. The van der Waals surface area contributed by atoms with Gasteiger partial charge in [0.1, 0.15) is 5.82 Å². The lowest BCUT2D eigenvalue weighted by atomic mass is 10.2. The molecule has 1 rings (SSSR count). The van der Waals surface area contributed by atoms with Crippen LogP contribution in [0.5, 0.6) is 0 Å². The van der Waals surface area contributed by atoms with Crippen molar-refractivity contribution in [2.75, 3.05) is 21.1 Å². The van der Waals surface area contributed by atoms with E-state index in [2.05, 4.69) is 10.3 Å². The first-order valence-electron chi connectivity index (χ1n) is 4.76. The number of rotatable bonds is 2. The molecule has 1 aromatic rings. The summed E-state index contributed by atoms with van der Waals surface area (Å²) in [6.45, 7) is 0.442. The number of nitrogens with zero attached hydrogens (tertiary/aromatic N) is 2. The summed E-state index contributed by atoms with van der Waals surface area (Å²) >= 11 is 0. The second kappa shape index (κ2) is 7.43. The maximum absolute atomic E-state index is 13.3. The largest absolute Gasteiger partial charge is 0.352 e. The molecule has 0 aromatic heterocycles. The maximum atomic E-state index is 13.3. The minimum absolute atomic E-state index is 0. The molecule has 1 aromatic carbocycles. The molecule has 0 radical (unpaired) electrons. The van der Waals surface area contributed by atoms with Gasteiger partial charge < -0.3 is 10.2 Å². The summed E-state index contributed by atoms with van der Waals surface area (Å²) in [5, 5.41) is 3.06. The van der Waals surface area contributed by atoms with Gasteiger partial charge in [0.15, 0.2) is 5.96 Å². The summed E-state index contributed by atoms with van der Waals surface area (Å²) in [6.07, 6.45) is 0. The van der Waals surface area contributed by atoms with Crippen molar-refractivity contribution >= 4 is 29.9 Å². The zero-order valence-corrected chi connectivity index (χ0v) is 12.0. The molecule has 0 fully saturated rings. The molecule has 16 heavy (non-hydrogen) atoms. The van der Waals surface area contributed by atoms with Gasteiger partial charge in [0.25, 0.3) is 0 Å². The predicted molar refractivity (Wildman–Crippen MR) is 75.7 cm³/mol. The van der Waals surface area contributed by atoms with Crippen LogP contribution >= 0.6 is 24.0 Å². The Labute approximate surface area is 113 Å². The standard InChI is InChI=1S/C11H16FN3.HI/c1-13-11(15(2)3)14-8-9-6-4-5-7-10(9)12;/h4-7H,8H2,1-3H3,(H,13,14);1H. The Balaban J connectivity index is 0.00000225. The fourth-order valence-electron chi connectivity index (χ4n) is 1.25. The van der Waals surface area contributed by atoms with Gasteiger partial charge in [-0.25, -0.2) is 4.39 Å². The van der Waals surface area contributed by atoms with Gasteiger partial charge in [-0.1, -0.05) is 18.2 Å². The van der Waals surface area contributed by atoms with E-state index in [1.807, 2.05) is 25.1 Å². The van der Waals surface area contributed by atoms with E-state index in [4.69, 9.17) is 0 Å².